The highest BCUT2D eigenvalue weighted by molar-refractivity contribution is 5.83. The molecule has 0 amide bonds. The fourth-order valence-electron chi connectivity index (χ4n) is 2.16. The Morgan fingerprint density at radius 1 is 1.00 bits per heavy atom. The fourth-order valence-corrected chi connectivity index (χ4v) is 2.16. The van der Waals surface area contributed by atoms with E-state index in [2.05, 4.69) is 60.0 Å². The Bertz CT molecular complexity index is 620. The lowest BCUT2D eigenvalue weighted by Gasteiger charge is -2.07. The van der Waals surface area contributed by atoms with Crippen LogP contribution in [0.5, 0.6) is 0 Å². The number of benzene rings is 2. The van der Waals surface area contributed by atoms with Crippen LogP contribution >= 0.6 is 0 Å². The van der Waals surface area contributed by atoms with Crippen molar-refractivity contribution >= 4 is 10.9 Å². The first kappa shape index (κ1) is 9.22. The van der Waals surface area contributed by atoms with Crippen LogP contribution in [-0.4, -0.2) is 4.57 Å². The van der Waals surface area contributed by atoms with Gasteiger partial charge in [0.2, 0.25) is 0 Å². The molecule has 2 aromatic carbocycles. The minimum atomic E-state index is 1.19. The van der Waals surface area contributed by atoms with Crippen LogP contribution in [-0.2, 0) is 0 Å². The Balaban J connectivity index is 2.35. The largest absolute Gasteiger partial charge is 0.314 e. The summed E-state index contributed by atoms with van der Waals surface area (Å²) in [5.41, 5.74) is 3.70. The average Bonchev–Trinajstić information content (AvgIpc) is 2.66. The van der Waals surface area contributed by atoms with Crippen LogP contribution in [0, 0.1) is 13.0 Å². The molecule has 1 nitrogen and oxygen atoms in total. The van der Waals surface area contributed by atoms with Crippen molar-refractivity contribution in [2.75, 3.05) is 0 Å². The van der Waals surface area contributed by atoms with E-state index in [4.69, 9.17) is 0 Å². The van der Waals surface area contributed by atoms with Crippen LogP contribution in [0.15, 0.2) is 54.6 Å². The SMILES string of the molecule is Cc1cc2ccccc2n1-c1cc[c]cc1. The average molecular weight is 206 g/mol. The molecule has 0 unspecified atom stereocenters. The molecule has 1 radical (unpaired) electrons. The molecule has 0 bridgehead atoms. The molecule has 3 rings (SSSR count). The Kier molecular flexibility index (Phi) is 2.03. The molecule has 0 spiro atoms. The van der Waals surface area contributed by atoms with Crippen molar-refractivity contribution in [2.24, 2.45) is 0 Å². The van der Waals surface area contributed by atoms with E-state index in [-0.39, 0.29) is 0 Å². The van der Waals surface area contributed by atoms with Gasteiger partial charge in [0.05, 0.1) is 5.52 Å². The normalized spacial score (nSPS) is 10.8. The van der Waals surface area contributed by atoms with Gasteiger partial charge in [-0.05, 0) is 37.3 Å². The monoisotopic (exact) mass is 206 g/mol. The van der Waals surface area contributed by atoms with Crippen molar-refractivity contribution in [1.29, 1.82) is 0 Å². The molecule has 0 aliphatic carbocycles. The second-order valence-electron chi connectivity index (χ2n) is 3.94. The molecular weight excluding hydrogens is 194 g/mol. The van der Waals surface area contributed by atoms with Gasteiger partial charge < -0.3 is 4.57 Å². The highest BCUT2D eigenvalue weighted by atomic mass is 15.0. The second-order valence-corrected chi connectivity index (χ2v) is 3.94. The van der Waals surface area contributed by atoms with Crippen LogP contribution < -0.4 is 0 Å². The van der Waals surface area contributed by atoms with Gasteiger partial charge in [0.15, 0.2) is 0 Å². The molecule has 0 aliphatic heterocycles. The van der Waals surface area contributed by atoms with Gasteiger partial charge in [0.25, 0.3) is 0 Å². The van der Waals surface area contributed by atoms with Crippen LogP contribution in [0.25, 0.3) is 16.6 Å². The summed E-state index contributed by atoms with van der Waals surface area (Å²) in [5.74, 6) is 0. The van der Waals surface area contributed by atoms with Crippen molar-refractivity contribution < 1.29 is 0 Å². The third-order valence-corrected chi connectivity index (χ3v) is 2.85. The number of hydrogen-bond donors (Lipinski definition) is 0. The summed E-state index contributed by atoms with van der Waals surface area (Å²) >= 11 is 0. The molecule has 1 heterocycles. The quantitative estimate of drug-likeness (QED) is 0.571. The predicted octanol–water partition coefficient (Wildman–Crippen LogP) is 3.74. The van der Waals surface area contributed by atoms with E-state index in [0.29, 0.717) is 0 Å². The zero-order valence-corrected chi connectivity index (χ0v) is 9.14. The maximum atomic E-state index is 3.05. The number of aromatic nitrogens is 1. The number of rotatable bonds is 1. The summed E-state index contributed by atoms with van der Waals surface area (Å²) < 4.78 is 2.27. The van der Waals surface area contributed by atoms with Gasteiger partial charge in [0, 0.05) is 16.8 Å². The minimum Gasteiger partial charge on any atom is -0.314 e. The lowest BCUT2D eigenvalue weighted by Crippen LogP contribution is -1.94. The molecule has 3 aromatic rings. The Morgan fingerprint density at radius 2 is 1.75 bits per heavy atom. The molecule has 0 atom stereocenters. The molecule has 77 valence electrons. The van der Waals surface area contributed by atoms with Gasteiger partial charge in [-0.25, -0.2) is 0 Å². The van der Waals surface area contributed by atoms with Crippen molar-refractivity contribution in [3.05, 3.63) is 66.4 Å². The number of fused-ring (bicyclic) bond motifs is 1. The molecule has 16 heavy (non-hydrogen) atoms. The second kappa shape index (κ2) is 3.53. The summed E-state index contributed by atoms with van der Waals surface area (Å²) in [6, 6.07) is 21.8. The van der Waals surface area contributed by atoms with E-state index in [1.807, 2.05) is 12.1 Å². The van der Waals surface area contributed by atoms with E-state index in [1.54, 1.807) is 0 Å². The topological polar surface area (TPSA) is 4.93 Å². The minimum absolute atomic E-state index is 1.19. The Hall–Kier alpha value is -2.02. The first-order valence-electron chi connectivity index (χ1n) is 5.40. The summed E-state index contributed by atoms with van der Waals surface area (Å²) in [7, 11) is 0. The number of nitrogens with zero attached hydrogens (tertiary/aromatic N) is 1. The van der Waals surface area contributed by atoms with Crippen molar-refractivity contribution in [3.8, 4) is 5.69 Å². The molecule has 0 fully saturated rings. The van der Waals surface area contributed by atoms with Crippen LogP contribution in [0.3, 0.4) is 0 Å². The lowest BCUT2D eigenvalue weighted by atomic mass is 10.2. The zero-order valence-electron chi connectivity index (χ0n) is 9.14. The molecule has 1 aromatic heterocycles. The van der Waals surface area contributed by atoms with Crippen LogP contribution in [0.2, 0.25) is 0 Å². The van der Waals surface area contributed by atoms with E-state index in [9.17, 15) is 0 Å². The highest BCUT2D eigenvalue weighted by Crippen LogP contribution is 2.23. The number of hydrogen-bond acceptors (Lipinski definition) is 0. The Morgan fingerprint density at radius 3 is 2.56 bits per heavy atom. The van der Waals surface area contributed by atoms with Gasteiger partial charge >= 0.3 is 0 Å². The van der Waals surface area contributed by atoms with Crippen molar-refractivity contribution in [2.45, 2.75) is 6.92 Å². The van der Waals surface area contributed by atoms with Crippen molar-refractivity contribution in [3.63, 3.8) is 0 Å². The Labute approximate surface area is 95.0 Å². The molecule has 0 saturated carbocycles. The molecule has 0 N–H and O–H groups in total. The van der Waals surface area contributed by atoms with Gasteiger partial charge in [-0.15, -0.1) is 0 Å². The maximum absolute atomic E-state index is 3.05. The summed E-state index contributed by atoms with van der Waals surface area (Å²) in [5, 5.41) is 1.29. The molecule has 0 aliphatic rings. The summed E-state index contributed by atoms with van der Waals surface area (Å²) in [6.07, 6.45) is 0. The van der Waals surface area contributed by atoms with Gasteiger partial charge in [-0.3, -0.25) is 0 Å². The van der Waals surface area contributed by atoms with E-state index in [0.717, 1.165) is 0 Å². The van der Waals surface area contributed by atoms with E-state index >= 15 is 0 Å². The standard InChI is InChI=1S/C15H12N/c1-12-11-13-7-5-6-10-15(13)16(12)14-8-3-2-4-9-14/h3-11H,1H3. The molecular formula is C15H12N. The first-order chi connectivity index (χ1) is 7.86. The number of para-hydroxylation sites is 1. The zero-order chi connectivity index (χ0) is 11.0. The van der Waals surface area contributed by atoms with Crippen molar-refractivity contribution in [1.82, 2.24) is 4.57 Å². The van der Waals surface area contributed by atoms with Gasteiger partial charge in [-0.1, -0.05) is 30.3 Å². The fraction of sp³-hybridized carbons (Fsp3) is 0.0667. The smallest absolute Gasteiger partial charge is 0.0531 e. The third kappa shape index (κ3) is 1.33. The summed E-state index contributed by atoms with van der Waals surface area (Å²) in [4.78, 5) is 0. The first-order valence-corrected chi connectivity index (χ1v) is 5.40. The van der Waals surface area contributed by atoms with Crippen LogP contribution in [0.1, 0.15) is 5.69 Å². The predicted molar refractivity (Wildman–Crippen MR) is 66.8 cm³/mol. The third-order valence-electron chi connectivity index (χ3n) is 2.85. The summed E-state index contributed by atoms with van der Waals surface area (Å²) in [6.45, 7) is 2.14. The molecule has 1 heteroatoms. The van der Waals surface area contributed by atoms with E-state index in [1.165, 1.54) is 22.3 Å². The van der Waals surface area contributed by atoms with E-state index < -0.39 is 0 Å². The van der Waals surface area contributed by atoms with Crippen LogP contribution in [0.4, 0.5) is 0 Å². The maximum Gasteiger partial charge on any atom is 0.0531 e. The highest BCUT2D eigenvalue weighted by Gasteiger charge is 2.05. The molecule has 0 saturated heterocycles. The number of aryl methyl sites for hydroxylation is 1. The van der Waals surface area contributed by atoms with Gasteiger partial charge in [-0.2, -0.15) is 0 Å². The van der Waals surface area contributed by atoms with Gasteiger partial charge in [0.1, 0.15) is 0 Å². The lowest BCUT2D eigenvalue weighted by molar-refractivity contribution is 1.05.